The van der Waals surface area contributed by atoms with Crippen molar-refractivity contribution in [3.63, 3.8) is 0 Å². The minimum atomic E-state index is -3.66. The van der Waals surface area contributed by atoms with E-state index in [1.54, 1.807) is 9.42 Å². The number of benzene rings is 1. The molecule has 3 atom stereocenters. The number of rotatable bonds is 5. The number of aliphatic hydroxyl groups excluding tert-OH is 1. The lowest BCUT2D eigenvalue weighted by Crippen LogP contribution is -2.39. The topological polar surface area (TPSA) is 168 Å². The molecule has 13 heteroatoms. The SMILES string of the molecule is Cc1cn2nc([C@@H]3CCCCN3C(=O)c3cc(C#N)ccc3NS(C)(=O)=O)cc2nc1N1C[C@H](O)[C@@H](C#N)C1. The predicted molar refractivity (Wildman–Crippen MR) is 142 cm³/mol. The van der Waals surface area contributed by atoms with E-state index < -0.39 is 28.0 Å². The van der Waals surface area contributed by atoms with Crippen LogP contribution in [0.4, 0.5) is 11.5 Å². The largest absolute Gasteiger partial charge is 0.390 e. The van der Waals surface area contributed by atoms with Crippen molar-refractivity contribution in [2.75, 3.05) is 35.5 Å². The van der Waals surface area contributed by atoms with Gasteiger partial charge in [-0.1, -0.05) is 0 Å². The van der Waals surface area contributed by atoms with E-state index in [0.29, 0.717) is 43.2 Å². The van der Waals surface area contributed by atoms with Gasteiger partial charge in [-0.25, -0.2) is 17.9 Å². The van der Waals surface area contributed by atoms with Crippen molar-refractivity contribution in [3.05, 3.63) is 52.8 Å². The second-order valence-corrected chi connectivity index (χ2v) is 11.8. The highest BCUT2D eigenvalue weighted by molar-refractivity contribution is 7.92. The average Bonchev–Trinajstić information content (AvgIpc) is 3.49. The van der Waals surface area contributed by atoms with Crippen molar-refractivity contribution >= 4 is 33.1 Å². The van der Waals surface area contributed by atoms with Crippen LogP contribution < -0.4 is 9.62 Å². The van der Waals surface area contributed by atoms with E-state index in [-0.39, 0.29) is 22.9 Å². The summed E-state index contributed by atoms with van der Waals surface area (Å²) in [6, 6.07) is 9.90. The Hall–Kier alpha value is -4.20. The van der Waals surface area contributed by atoms with Gasteiger partial charge in [0, 0.05) is 37.5 Å². The fourth-order valence-corrected chi connectivity index (χ4v) is 5.88. The Morgan fingerprint density at radius 2 is 2.00 bits per heavy atom. The van der Waals surface area contributed by atoms with Gasteiger partial charge < -0.3 is 14.9 Å². The van der Waals surface area contributed by atoms with Gasteiger partial charge in [0.25, 0.3) is 5.91 Å². The van der Waals surface area contributed by atoms with E-state index >= 15 is 0 Å². The molecule has 0 spiro atoms. The van der Waals surface area contributed by atoms with Crippen LogP contribution in [0.3, 0.4) is 0 Å². The van der Waals surface area contributed by atoms with E-state index in [1.165, 1.54) is 18.2 Å². The summed E-state index contributed by atoms with van der Waals surface area (Å²) >= 11 is 0. The normalized spacial score (nSPS) is 21.5. The Morgan fingerprint density at radius 1 is 1.21 bits per heavy atom. The molecule has 1 amide bonds. The quantitative estimate of drug-likeness (QED) is 0.484. The monoisotopic (exact) mass is 548 g/mol. The van der Waals surface area contributed by atoms with Gasteiger partial charge in [-0.3, -0.25) is 9.52 Å². The Labute approximate surface area is 226 Å². The molecule has 2 aromatic heterocycles. The number of β-amino-alcohol motifs (C(OH)–C–C–N with tert-alkyl or cyclic N) is 1. The molecule has 0 saturated carbocycles. The van der Waals surface area contributed by atoms with Crippen LogP contribution >= 0.6 is 0 Å². The number of nitriles is 2. The summed E-state index contributed by atoms with van der Waals surface area (Å²) in [5.41, 5.74) is 2.53. The number of piperidine rings is 1. The fourth-order valence-electron chi connectivity index (χ4n) is 5.31. The van der Waals surface area contributed by atoms with Gasteiger partial charge in [0.15, 0.2) is 5.65 Å². The molecule has 39 heavy (non-hydrogen) atoms. The van der Waals surface area contributed by atoms with E-state index in [4.69, 9.17) is 10.1 Å². The lowest BCUT2D eigenvalue weighted by molar-refractivity contribution is 0.0606. The molecule has 1 aromatic carbocycles. The first-order valence-corrected chi connectivity index (χ1v) is 14.5. The van der Waals surface area contributed by atoms with Crippen LogP contribution in [0, 0.1) is 35.5 Å². The van der Waals surface area contributed by atoms with Crippen molar-refractivity contribution < 1.29 is 18.3 Å². The van der Waals surface area contributed by atoms with Crippen molar-refractivity contribution in [1.82, 2.24) is 19.5 Å². The van der Waals surface area contributed by atoms with Crippen molar-refractivity contribution in [1.29, 1.82) is 10.5 Å². The number of amides is 1. The Morgan fingerprint density at radius 3 is 2.69 bits per heavy atom. The highest BCUT2D eigenvalue weighted by Crippen LogP contribution is 2.34. The van der Waals surface area contributed by atoms with Crippen LogP contribution in [-0.4, -0.2) is 70.9 Å². The van der Waals surface area contributed by atoms with E-state index in [0.717, 1.165) is 24.7 Å². The molecule has 3 aromatic rings. The first-order valence-electron chi connectivity index (χ1n) is 12.6. The lowest BCUT2D eigenvalue weighted by atomic mass is 9.97. The smallest absolute Gasteiger partial charge is 0.256 e. The number of aliphatic hydroxyl groups is 1. The minimum absolute atomic E-state index is 0.103. The number of fused-ring (bicyclic) bond motifs is 1. The molecular formula is C26H28N8O4S. The fraction of sp³-hybridized carbons (Fsp3) is 0.423. The predicted octanol–water partition coefficient (Wildman–Crippen LogP) is 1.97. The second-order valence-electron chi connectivity index (χ2n) is 10.1. The summed E-state index contributed by atoms with van der Waals surface area (Å²) < 4.78 is 27.9. The number of nitrogens with one attached hydrogen (secondary N) is 1. The third-order valence-corrected chi connectivity index (χ3v) is 7.75. The number of carbonyl (C=O) groups excluding carboxylic acids is 1. The molecular weight excluding hydrogens is 520 g/mol. The van der Waals surface area contributed by atoms with Gasteiger partial charge in [0.2, 0.25) is 10.0 Å². The molecule has 2 saturated heterocycles. The minimum Gasteiger partial charge on any atom is -0.390 e. The summed E-state index contributed by atoms with van der Waals surface area (Å²) in [4.78, 5) is 22.2. The zero-order valence-electron chi connectivity index (χ0n) is 21.6. The van der Waals surface area contributed by atoms with Crippen molar-refractivity contribution in [3.8, 4) is 12.1 Å². The van der Waals surface area contributed by atoms with Gasteiger partial charge in [0.1, 0.15) is 5.82 Å². The van der Waals surface area contributed by atoms with Crippen LogP contribution in [0.15, 0.2) is 30.5 Å². The van der Waals surface area contributed by atoms with Crippen LogP contribution in [0.1, 0.15) is 52.5 Å². The molecule has 0 aliphatic carbocycles. The van der Waals surface area contributed by atoms with Crippen LogP contribution in [0.25, 0.3) is 5.65 Å². The number of likely N-dealkylation sites (tertiary alicyclic amines) is 1. The van der Waals surface area contributed by atoms with E-state index in [1.807, 2.05) is 30.2 Å². The molecule has 0 bridgehead atoms. The maximum atomic E-state index is 13.8. The Balaban J connectivity index is 1.49. The summed E-state index contributed by atoms with van der Waals surface area (Å²) in [5, 5.41) is 33.6. The number of anilines is 2. The first kappa shape index (κ1) is 26.4. The molecule has 12 nitrogen and oxygen atoms in total. The number of aromatic nitrogens is 3. The number of sulfonamides is 1. The number of nitrogens with zero attached hydrogens (tertiary/aromatic N) is 7. The molecule has 202 valence electrons. The molecule has 2 aliphatic heterocycles. The molecule has 5 rings (SSSR count). The van der Waals surface area contributed by atoms with Crippen LogP contribution in [-0.2, 0) is 10.0 Å². The number of hydrogen-bond acceptors (Lipinski definition) is 9. The summed E-state index contributed by atoms with van der Waals surface area (Å²) in [6.07, 6.45) is 4.43. The van der Waals surface area contributed by atoms with E-state index in [9.17, 15) is 28.8 Å². The number of hydrogen-bond donors (Lipinski definition) is 2. The first-order chi connectivity index (χ1) is 18.6. The van der Waals surface area contributed by atoms with Gasteiger partial charge in [0.05, 0.1) is 59.0 Å². The third-order valence-electron chi connectivity index (χ3n) is 7.16. The summed E-state index contributed by atoms with van der Waals surface area (Å²) in [5.74, 6) is -0.197. The lowest BCUT2D eigenvalue weighted by Gasteiger charge is -2.35. The molecule has 4 heterocycles. The van der Waals surface area contributed by atoms with Gasteiger partial charge in [-0.05, 0) is 44.4 Å². The highest BCUT2D eigenvalue weighted by atomic mass is 32.2. The molecule has 2 N–H and O–H groups in total. The van der Waals surface area contributed by atoms with Crippen molar-refractivity contribution in [2.45, 2.75) is 38.3 Å². The maximum absolute atomic E-state index is 13.8. The number of carbonyl (C=O) groups is 1. The molecule has 0 unspecified atom stereocenters. The standard InChI is InChI=1S/C26H28N8O4S/c1-16-13-34-24(29-25(16)32-14-18(12-28)23(35)15-32)10-21(30-34)22-5-3-4-8-33(22)26(36)19-9-17(11-27)6-7-20(19)31-39(2,37)38/h6-7,9-10,13,18,22-23,31,35H,3-5,8,14-15H2,1-2H3/t18-,22-,23-/m0/s1. The van der Waals surface area contributed by atoms with Gasteiger partial charge in [-0.15, -0.1) is 0 Å². The van der Waals surface area contributed by atoms with Crippen LogP contribution in [0.5, 0.6) is 0 Å². The summed E-state index contributed by atoms with van der Waals surface area (Å²) in [7, 11) is -3.66. The van der Waals surface area contributed by atoms with Crippen molar-refractivity contribution in [2.24, 2.45) is 5.92 Å². The van der Waals surface area contributed by atoms with Crippen LogP contribution in [0.2, 0.25) is 0 Å². The maximum Gasteiger partial charge on any atom is 0.256 e. The van der Waals surface area contributed by atoms with Gasteiger partial charge >= 0.3 is 0 Å². The average molecular weight is 549 g/mol. The highest BCUT2D eigenvalue weighted by Gasteiger charge is 2.34. The molecule has 0 radical (unpaired) electrons. The Bertz CT molecular complexity index is 1640. The number of aryl methyl sites for hydroxylation is 1. The van der Waals surface area contributed by atoms with E-state index in [2.05, 4.69) is 10.8 Å². The third kappa shape index (κ3) is 5.24. The van der Waals surface area contributed by atoms with Gasteiger partial charge in [-0.2, -0.15) is 15.6 Å². The Kier molecular flexibility index (Phi) is 6.89. The molecule has 2 fully saturated rings. The zero-order valence-corrected chi connectivity index (χ0v) is 22.4. The molecule has 2 aliphatic rings. The zero-order chi connectivity index (χ0) is 27.9. The summed E-state index contributed by atoms with van der Waals surface area (Å²) in [6.45, 7) is 3.05. The second kappa shape index (κ2) is 10.2.